The second kappa shape index (κ2) is 6.17. The normalized spacial score (nSPS) is 11.1. The minimum absolute atomic E-state index is 0.804. The average Bonchev–Trinajstić information content (AvgIpc) is 2.41. The monoisotopic (exact) mass is 224 g/mol. The molecule has 2 aromatic carbocycles. The summed E-state index contributed by atoms with van der Waals surface area (Å²) < 4.78 is 0. The lowest BCUT2D eigenvalue weighted by Crippen LogP contribution is -1.86. The van der Waals surface area contributed by atoms with Gasteiger partial charge in [-0.15, -0.1) is 10.2 Å². The summed E-state index contributed by atoms with van der Waals surface area (Å²) in [5.41, 5.74) is 4.57. The zero-order chi connectivity index (χ0) is 11.8. The highest BCUT2D eigenvalue weighted by Crippen LogP contribution is 2.09. The van der Waals surface area contributed by atoms with Crippen LogP contribution in [0.5, 0.6) is 0 Å². The molecule has 0 fully saturated rings. The lowest BCUT2D eigenvalue weighted by Gasteiger charge is -1.95. The summed E-state index contributed by atoms with van der Waals surface area (Å²) in [7, 11) is 0. The minimum Gasteiger partial charge on any atom is -0.277 e. The number of nitrogens with zero attached hydrogens (tertiary/aromatic N) is 3. The van der Waals surface area contributed by atoms with Crippen molar-refractivity contribution in [1.29, 1.82) is 0 Å². The number of hydrazone groups is 1. The number of hydrogen-bond donors (Lipinski definition) is 1. The fourth-order valence-electron chi connectivity index (χ4n) is 1.23. The fourth-order valence-corrected chi connectivity index (χ4v) is 1.23. The second-order valence-corrected chi connectivity index (χ2v) is 3.27. The maximum absolute atomic E-state index is 3.97. The number of benzene rings is 2. The molecule has 0 aromatic heterocycles. The standard InChI is InChI=1S/C13H12N4/c1-3-7-12(8-4-1)16-14-11-15-17-13-9-5-2-6-10-13/h1-11,16H/b14-11-,17-15?. The van der Waals surface area contributed by atoms with Crippen LogP contribution in [-0.2, 0) is 0 Å². The Hall–Kier alpha value is -2.49. The first kappa shape index (κ1) is 11.0. The van der Waals surface area contributed by atoms with Crippen molar-refractivity contribution in [1.82, 2.24) is 0 Å². The molecule has 1 N–H and O–H groups in total. The van der Waals surface area contributed by atoms with Crippen LogP contribution < -0.4 is 5.43 Å². The van der Waals surface area contributed by atoms with Crippen molar-refractivity contribution >= 4 is 17.7 Å². The van der Waals surface area contributed by atoms with Crippen LogP contribution >= 0.6 is 0 Å². The average molecular weight is 224 g/mol. The van der Waals surface area contributed by atoms with Crippen LogP contribution in [0.3, 0.4) is 0 Å². The van der Waals surface area contributed by atoms with Gasteiger partial charge in [-0.2, -0.15) is 5.10 Å². The summed E-state index contributed by atoms with van der Waals surface area (Å²) in [4.78, 5) is 0. The number of anilines is 1. The van der Waals surface area contributed by atoms with Gasteiger partial charge in [-0.05, 0) is 24.3 Å². The van der Waals surface area contributed by atoms with Gasteiger partial charge < -0.3 is 0 Å². The molecule has 4 heteroatoms. The SMILES string of the molecule is C(/N=Nc1ccccc1)=N/Nc1ccccc1. The molecule has 0 heterocycles. The van der Waals surface area contributed by atoms with Crippen LogP contribution in [0.1, 0.15) is 0 Å². The molecular weight excluding hydrogens is 212 g/mol. The molecule has 2 aromatic rings. The van der Waals surface area contributed by atoms with Crippen LogP contribution in [0.2, 0.25) is 0 Å². The summed E-state index contributed by atoms with van der Waals surface area (Å²) in [5, 5.41) is 11.7. The van der Waals surface area contributed by atoms with Gasteiger partial charge in [-0.1, -0.05) is 36.4 Å². The zero-order valence-corrected chi connectivity index (χ0v) is 9.19. The van der Waals surface area contributed by atoms with Gasteiger partial charge in [0, 0.05) is 0 Å². The molecule has 0 amide bonds. The number of nitrogens with one attached hydrogen (secondary N) is 1. The second-order valence-electron chi connectivity index (χ2n) is 3.27. The third-order valence-electron chi connectivity index (χ3n) is 2.01. The molecule has 0 saturated carbocycles. The fraction of sp³-hybridized carbons (Fsp3) is 0. The Morgan fingerprint density at radius 1 is 0.824 bits per heavy atom. The summed E-state index contributed by atoms with van der Waals surface area (Å²) >= 11 is 0. The van der Waals surface area contributed by atoms with Gasteiger partial charge in [0.25, 0.3) is 0 Å². The van der Waals surface area contributed by atoms with E-state index in [1.165, 1.54) is 6.34 Å². The van der Waals surface area contributed by atoms with Crippen molar-refractivity contribution in [3.05, 3.63) is 60.7 Å². The summed E-state index contributed by atoms with van der Waals surface area (Å²) in [6.45, 7) is 0. The largest absolute Gasteiger partial charge is 0.277 e. The predicted octanol–water partition coefficient (Wildman–Crippen LogP) is 3.83. The van der Waals surface area contributed by atoms with E-state index in [2.05, 4.69) is 20.8 Å². The summed E-state index contributed by atoms with van der Waals surface area (Å²) in [6.07, 6.45) is 1.38. The molecule has 0 aliphatic carbocycles. The molecule has 17 heavy (non-hydrogen) atoms. The van der Waals surface area contributed by atoms with Gasteiger partial charge >= 0.3 is 0 Å². The van der Waals surface area contributed by atoms with Crippen LogP contribution in [-0.4, -0.2) is 6.34 Å². The smallest absolute Gasteiger partial charge is 0.158 e. The molecular formula is C13H12N4. The predicted molar refractivity (Wildman–Crippen MR) is 69.5 cm³/mol. The summed E-state index contributed by atoms with van der Waals surface area (Å²) in [5.74, 6) is 0. The van der Waals surface area contributed by atoms with E-state index < -0.39 is 0 Å². The van der Waals surface area contributed by atoms with E-state index in [4.69, 9.17) is 0 Å². The Labute approximate surface area is 99.7 Å². The molecule has 0 aliphatic heterocycles. The molecule has 0 saturated heterocycles. The minimum atomic E-state index is 0.804. The molecule has 84 valence electrons. The molecule has 4 nitrogen and oxygen atoms in total. The van der Waals surface area contributed by atoms with Crippen LogP contribution in [0.4, 0.5) is 11.4 Å². The van der Waals surface area contributed by atoms with Gasteiger partial charge in [0.1, 0.15) is 0 Å². The van der Waals surface area contributed by atoms with Crippen molar-refractivity contribution in [2.24, 2.45) is 15.3 Å². The lowest BCUT2D eigenvalue weighted by molar-refractivity contribution is 1.26. The van der Waals surface area contributed by atoms with Gasteiger partial charge in [0.15, 0.2) is 6.34 Å². The van der Waals surface area contributed by atoms with E-state index in [1.54, 1.807) is 0 Å². The Morgan fingerprint density at radius 3 is 2.18 bits per heavy atom. The molecule has 2 rings (SSSR count). The van der Waals surface area contributed by atoms with Crippen molar-refractivity contribution in [3.63, 3.8) is 0 Å². The van der Waals surface area contributed by atoms with E-state index >= 15 is 0 Å². The van der Waals surface area contributed by atoms with Gasteiger partial charge in [0.2, 0.25) is 0 Å². The maximum Gasteiger partial charge on any atom is 0.158 e. The van der Waals surface area contributed by atoms with Gasteiger partial charge in [0.05, 0.1) is 11.4 Å². The first-order valence-electron chi connectivity index (χ1n) is 5.23. The quantitative estimate of drug-likeness (QED) is 0.365. The first-order valence-corrected chi connectivity index (χ1v) is 5.23. The number of para-hydroxylation sites is 1. The van der Waals surface area contributed by atoms with E-state index in [0.29, 0.717) is 0 Å². The summed E-state index contributed by atoms with van der Waals surface area (Å²) in [6, 6.07) is 19.2. The molecule has 0 atom stereocenters. The topological polar surface area (TPSA) is 49.1 Å². The Balaban J connectivity index is 1.85. The van der Waals surface area contributed by atoms with Crippen molar-refractivity contribution in [2.75, 3.05) is 5.43 Å². The highest BCUT2D eigenvalue weighted by molar-refractivity contribution is 5.57. The number of azo groups is 1. The Bertz CT molecular complexity index is 491. The number of hydrogen-bond acceptors (Lipinski definition) is 3. The van der Waals surface area contributed by atoms with E-state index in [1.807, 2.05) is 60.7 Å². The highest BCUT2D eigenvalue weighted by atomic mass is 15.3. The molecule has 0 aliphatic rings. The molecule has 0 unspecified atom stereocenters. The lowest BCUT2D eigenvalue weighted by atomic mass is 10.3. The highest BCUT2D eigenvalue weighted by Gasteiger charge is 1.84. The molecule has 0 radical (unpaired) electrons. The van der Waals surface area contributed by atoms with Crippen LogP contribution in [0.15, 0.2) is 76.0 Å². The maximum atomic E-state index is 3.97. The van der Waals surface area contributed by atoms with Crippen molar-refractivity contribution in [2.45, 2.75) is 0 Å². The van der Waals surface area contributed by atoms with Crippen molar-refractivity contribution < 1.29 is 0 Å². The molecule has 0 spiro atoms. The zero-order valence-electron chi connectivity index (χ0n) is 9.19. The molecule has 0 bridgehead atoms. The van der Waals surface area contributed by atoms with Crippen molar-refractivity contribution in [3.8, 4) is 0 Å². The Morgan fingerprint density at radius 2 is 1.47 bits per heavy atom. The third kappa shape index (κ3) is 3.87. The van der Waals surface area contributed by atoms with E-state index in [-0.39, 0.29) is 0 Å². The third-order valence-corrected chi connectivity index (χ3v) is 2.01. The van der Waals surface area contributed by atoms with Crippen LogP contribution in [0, 0.1) is 0 Å². The van der Waals surface area contributed by atoms with E-state index in [9.17, 15) is 0 Å². The van der Waals surface area contributed by atoms with Crippen LogP contribution in [0.25, 0.3) is 0 Å². The van der Waals surface area contributed by atoms with Gasteiger partial charge in [-0.3, -0.25) is 5.43 Å². The Kier molecular flexibility index (Phi) is 4.00. The number of rotatable bonds is 4. The van der Waals surface area contributed by atoms with E-state index in [0.717, 1.165) is 11.4 Å². The first-order chi connectivity index (χ1) is 8.45. The van der Waals surface area contributed by atoms with Gasteiger partial charge in [-0.25, -0.2) is 0 Å².